The second-order valence-electron chi connectivity index (χ2n) is 6.11. The molecule has 1 aliphatic heterocycles. The predicted molar refractivity (Wildman–Crippen MR) is 88.5 cm³/mol. The Morgan fingerprint density at radius 3 is 2.41 bits per heavy atom. The van der Waals surface area contributed by atoms with E-state index in [9.17, 15) is 4.79 Å². The number of piperazine rings is 1. The molecule has 0 radical (unpaired) electrons. The quantitative estimate of drug-likeness (QED) is 0.799. The highest BCUT2D eigenvalue weighted by Gasteiger charge is 2.27. The SMILES string of the molecule is COc1ccc(Br)c(N2CCN(C(=O)OC(C)(C)C)CC2)n1. The van der Waals surface area contributed by atoms with Crippen molar-refractivity contribution in [1.29, 1.82) is 0 Å². The van der Waals surface area contributed by atoms with E-state index in [1.165, 1.54) is 0 Å². The van der Waals surface area contributed by atoms with E-state index in [0.717, 1.165) is 10.3 Å². The Morgan fingerprint density at radius 2 is 1.86 bits per heavy atom. The zero-order valence-corrected chi connectivity index (χ0v) is 15.0. The zero-order chi connectivity index (χ0) is 16.3. The molecule has 1 fully saturated rings. The Hall–Kier alpha value is -1.50. The van der Waals surface area contributed by atoms with E-state index in [-0.39, 0.29) is 6.09 Å². The molecule has 0 atom stereocenters. The number of pyridine rings is 1. The van der Waals surface area contributed by atoms with E-state index in [0.29, 0.717) is 32.1 Å². The molecule has 0 N–H and O–H groups in total. The molecular weight excluding hydrogens is 350 g/mol. The summed E-state index contributed by atoms with van der Waals surface area (Å²) in [4.78, 5) is 20.4. The van der Waals surface area contributed by atoms with Gasteiger partial charge in [0.05, 0.1) is 11.6 Å². The Morgan fingerprint density at radius 1 is 1.23 bits per heavy atom. The second-order valence-corrected chi connectivity index (χ2v) is 6.97. The number of hydrogen-bond acceptors (Lipinski definition) is 5. The van der Waals surface area contributed by atoms with Crippen LogP contribution in [-0.2, 0) is 4.74 Å². The molecule has 1 amide bonds. The van der Waals surface area contributed by atoms with Crippen molar-refractivity contribution >= 4 is 27.8 Å². The van der Waals surface area contributed by atoms with Gasteiger partial charge in [-0.05, 0) is 42.8 Å². The Kier molecular flexibility index (Phi) is 5.16. The fourth-order valence-electron chi connectivity index (χ4n) is 2.18. The van der Waals surface area contributed by atoms with Crippen LogP contribution in [0.3, 0.4) is 0 Å². The summed E-state index contributed by atoms with van der Waals surface area (Å²) in [6.07, 6.45) is -0.259. The van der Waals surface area contributed by atoms with E-state index in [1.54, 1.807) is 12.0 Å². The molecular formula is C15H22BrN3O3. The standard InChI is InChI=1S/C15H22BrN3O3/c1-15(2,3)22-14(20)19-9-7-18(8-10-19)13-11(16)5-6-12(17-13)21-4/h5-6H,7-10H2,1-4H3. The molecule has 1 aromatic heterocycles. The molecule has 1 aromatic rings. The number of carbonyl (C=O) groups is 1. The summed E-state index contributed by atoms with van der Waals surface area (Å²) in [5, 5.41) is 0. The number of methoxy groups -OCH3 is 1. The maximum atomic E-state index is 12.1. The largest absolute Gasteiger partial charge is 0.481 e. The summed E-state index contributed by atoms with van der Waals surface area (Å²) in [5.74, 6) is 1.41. The van der Waals surface area contributed by atoms with Crippen LogP contribution in [0.1, 0.15) is 20.8 Å². The van der Waals surface area contributed by atoms with Gasteiger partial charge in [0.25, 0.3) is 0 Å². The molecule has 0 saturated carbocycles. The van der Waals surface area contributed by atoms with Crippen LogP contribution in [-0.4, -0.2) is 54.9 Å². The number of halogens is 1. The first-order valence-electron chi connectivity index (χ1n) is 7.23. The number of amides is 1. The van der Waals surface area contributed by atoms with Gasteiger partial charge in [0.2, 0.25) is 5.88 Å². The maximum absolute atomic E-state index is 12.1. The van der Waals surface area contributed by atoms with E-state index in [1.807, 2.05) is 32.9 Å². The lowest BCUT2D eigenvalue weighted by atomic mass is 10.2. The number of aromatic nitrogens is 1. The van der Waals surface area contributed by atoms with Crippen molar-refractivity contribution in [2.24, 2.45) is 0 Å². The molecule has 1 aliphatic rings. The summed E-state index contributed by atoms with van der Waals surface area (Å²) in [7, 11) is 1.60. The molecule has 7 heteroatoms. The van der Waals surface area contributed by atoms with E-state index in [2.05, 4.69) is 25.8 Å². The van der Waals surface area contributed by atoms with E-state index in [4.69, 9.17) is 9.47 Å². The fraction of sp³-hybridized carbons (Fsp3) is 0.600. The van der Waals surface area contributed by atoms with E-state index < -0.39 is 5.60 Å². The number of ether oxygens (including phenoxy) is 2. The number of anilines is 1. The minimum absolute atomic E-state index is 0.259. The van der Waals surface area contributed by atoms with Gasteiger partial charge in [-0.2, -0.15) is 4.98 Å². The van der Waals surface area contributed by atoms with Gasteiger partial charge in [0.15, 0.2) is 0 Å². The minimum atomic E-state index is -0.467. The van der Waals surface area contributed by atoms with Crippen LogP contribution in [0, 0.1) is 0 Å². The van der Waals surface area contributed by atoms with Gasteiger partial charge in [-0.15, -0.1) is 0 Å². The lowest BCUT2D eigenvalue weighted by Gasteiger charge is -2.36. The lowest BCUT2D eigenvalue weighted by Crippen LogP contribution is -2.50. The number of rotatable bonds is 2. The second kappa shape index (κ2) is 6.73. The van der Waals surface area contributed by atoms with Crippen molar-refractivity contribution in [3.63, 3.8) is 0 Å². The van der Waals surface area contributed by atoms with Crippen LogP contribution >= 0.6 is 15.9 Å². The van der Waals surface area contributed by atoms with E-state index >= 15 is 0 Å². The van der Waals surface area contributed by atoms with Crippen molar-refractivity contribution < 1.29 is 14.3 Å². The third kappa shape index (κ3) is 4.25. The molecule has 2 heterocycles. The van der Waals surface area contributed by atoms with Crippen molar-refractivity contribution in [2.75, 3.05) is 38.2 Å². The van der Waals surface area contributed by atoms with Crippen LogP contribution < -0.4 is 9.64 Å². The van der Waals surface area contributed by atoms with Gasteiger partial charge in [0, 0.05) is 32.2 Å². The summed E-state index contributed by atoms with van der Waals surface area (Å²) in [6, 6.07) is 3.73. The summed E-state index contributed by atoms with van der Waals surface area (Å²) in [5.41, 5.74) is -0.467. The Bertz CT molecular complexity index is 537. The number of nitrogens with zero attached hydrogens (tertiary/aromatic N) is 3. The van der Waals surface area contributed by atoms with Crippen LogP contribution in [0.2, 0.25) is 0 Å². The van der Waals surface area contributed by atoms with Gasteiger partial charge >= 0.3 is 6.09 Å². The van der Waals surface area contributed by atoms with Gasteiger partial charge in [-0.3, -0.25) is 0 Å². The van der Waals surface area contributed by atoms with Gasteiger partial charge in [-0.25, -0.2) is 4.79 Å². The van der Waals surface area contributed by atoms with Gasteiger partial charge in [0.1, 0.15) is 11.4 Å². The zero-order valence-electron chi connectivity index (χ0n) is 13.4. The molecule has 0 aliphatic carbocycles. The van der Waals surface area contributed by atoms with Gasteiger partial charge in [-0.1, -0.05) is 0 Å². The highest BCUT2D eigenvalue weighted by molar-refractivity contribution is 9.10. The fourth-order valence-corrected chi connectivity index (χ4v) is 2.65. The Labute approximate surface area is 139 Å². The van der Waals surface area contributed by atoms with Crippen LogP contribution in [0.25, 0.3) is 0 Å². The first-order valence-corrected chi connectivity index (χ1v) is 8.03. The first-order chi connectivity index (χ1) is 10.3. The Balaban J connectivity index is 1.99. The molecule has 22 heavy (non-hydrogen) atoms. The highest BCUT2D eigenvalue weighted by Crippen LogP contribution is 2.27. The number of hydrogen-bond donors (Lipinski definition) is 0. The third-order valence-electron chi connectivity index (χ3n) is 3.24. The average Bonchev–Trinajstić information content (AvgIpc) is 2.46. The van der Waals surface area contributed by atoms with Crippen LogP contribution in [0.4, 0.5) is 10.6 Å². The molecule has 0 bridgehead atoms. The smallest absolute Gasteiger partial charge is 0.410 e. The van der Waals surface area contributed by atoms with Crippen molar-refractivity contribution in [3.8, 4) is 5.88 Å². The van der Waals surface area contributed by atoms with Crippen molar-refractivity contribution in [1.82, 2.24) is 9.88 Å². The maximum Gasteiger partial charge on any atom is 0.410 e. The summed E-state index contributed by atoms with van der Waals surface area (Å²) >= 11 is 3.51. The normalized spacial score (nSPS) is 15.7. The summed E-state index contributed by atoms with van der Waals surface area (Å²) < 4.78 is 11.5. The van der Waals surface area contributed by atoms with Crippen LogP contribution in [0.15, 0.2) is 16.6 Å². The highest BCUT2D eigenvalue weighted by atomic mass is 79.9. The van der Waals surface area contributed by atoms with Crippen molar-refractivity contribution in [3.05, 3.63) is 16.6 Å². The molecule has 0 unspecified atom stereocenters. The molecule has 0 aromatic carbocycles. The lowest BCUT2D eigenvalue weighted by molar-refractivity contribution is 0.0240. The van der Waals surface area contributed by atoms with Crippen LogP contribution in [0.5, 0.6) is 5.88 Å². The molecule has 2 rings (SSSR count). The minimum Gasteiger partial charge on any atom is -0.481 e. The molecule has 122 valence electrons. The van der Waals surface area contributed by atoms with Gasteiger partial charge < -0.3 is 19.3 Å². The average molecular weight is 372 g/mol. The molecule has 1 saturated heterocycles. The molecule has 6 nitrogen and oxygen atoms in total. The van der Waals surface area contributed by atoms with Crippen molar-refractivity contribution in [2.45, 2.75) is 26.4 Å². The summed E-state index contributed by atoms with van der Waals surface area (Å²) in [6.45, 7) is 8.26. The first kappa shape index (κ1) is 16.9. The number of carbonyl (C=O) groups excluding carboxylic acids is 1. The predicted octanol–water partition coefficient (Wildman–Crippen LogP) is 2.91. The monoisotopic (exact) mass is 371 g/mol. The third-order valence-corrected chi connectivity index (χ3v) is 3.86. The molecule has 0 spiro atoms. The topological polar surface area (TPSA) is 54.9 Å².